The van der Waals surface area contributed by atoms with Crippen molar-refractivity contribution in [1.29, 1.82) is 0 Å². The van der Waals surface area contributed by atoms with E-state index in [-0.39, 0.29) is 0 Å². The Kier molecular flexibility index (Phi) is 3.45. The highest BCUT2D eigenvalue weighted by Crippen LogP contribution is 2.47. The summed E-state index contributed by atoms with van der Waals surface area (Å²) in [6, 6.07) is 1.50. The first-order valence-electron chi connectivity index (χ1n) is 7.70. The van der Waals surface area contributed by atoms with Crippen LogP contribution in [0.1, 0.15) is 46.0 Å². The molecule has 1 saturated heterocycles. The van der Waals surface area contributed by atoms with E-state index in [1.807, 2.05) is 0 Å². The van der Waals surface area contributed by atoms with Gasteiger partial charge in [0.05, 0.1) is 0 Å². The molecule has 3 aliphatic rings. The summed E-state index contributed by atoms with van der Waals surface area (Å²) < 4.78 is 0. The van der Waals surface area contributed by atoms with Gasteiger partial charge in [-0.3, -0.25) is 4.90 Å². The number of hydrogen-bond donors (Lipinski definition) is 1. The Labute approximate surface area is 106 Å². The highest BCUT2D eigenvalue weighted by molar-refractivity contribution is 4.92. The number of rotatable bonds is 4. The first-order valence-corrected chi connectivity index (χ1v) is 7.70. The monoisotopic (exact) mass is 236 g/mol. The van der Waals surface area contributed by atoms with Crippen LogP contribution >= 0.6 is 0 Å². The minimum atomic E-state index is 0.726. The molecule has 2 saturated carbocycles. The van der Waals surface area contributed by atoms with Gasteiger partial charge in [-0.05, 0) is 70.4 Å². The normalized spacial score (nSPS) is 41.8. The fourth-order valence-corrected chi connectivity index (χ4v) is 4.37. The van der Waals surface area contributed by atoms with Gasteiger partial charge in [0.25, 0.3) is 0 Å². The lowest BCUT2D eigenvalue weighted by Gasteiger charge is -2.25. The highest BCUT2D eigenvalue weighted by Gasteiger charge is 2.39. The van der Waals surface area contributed by atoms with Crippen LogP contribution in [0.4, 0.5) is 0 Å². The van der Waals surface area contributed by atoms with Crippen molar-refractivity contribution >= 4 is 0 Å². The van der Waals surface area contributed by atoms with Crippen LogP contribution < -0.4 is 5.32 Å². The largest absolute Gasteiger partial charge is 0.312 e. The molecule has 0 radical (unpaired) electrons. The smallest absolute Gasteiger partial charge is 0.0207 e. The topological polar surface area (TPSA) is 15.3 Å². The van der Waals surface area contributed by atoms with E-state index < -0.39 is 0 Å². The molecule has 0 aromatic heterocycles. The van der Waals surface area contributed by atoms with Gasteiger partial charge in [0.1, 0.15) is 0 Å². The summed E-state index contributed by atoms with van der Waals surface area (Å²) in [7, 11) is 0. The third kappa shape index (κ3) is 2.53. The maximum Gasteiger partial charge on any atom is 0.0207 e. The summed E-state index contributed by atoms with van der Waals surface area (Å²) in [5, 5.41) is 3.85. The lowest BCUT2D eigenvalue weighted by molar-refractivity contribution is 0.261. The van der Waals surface area contributed by atoms with Crippen LogP contribution in [0.5, 0.6) is 0 Å². The van der Waals surface area contributed by atoms with Gasteiger partial charge in [-0.25, -0.2) is 0 Å². The quantitative estimate of drug-likeness (QED) is 0.807. The molecule has 0 aromatic carbocycles. The van der Waals surface area contributed by atoms with Crippen molar-refractivity contribution in [2.45, 2.75) is 58.0 Å². The first-order chi connectivity index (χ1) is 8.22. The Bertz CT molecular complexity index is 264. The molecular weight excluding hydrogens is 208 g/mol. The molecule has 0 amide bonds. The van der Waals surface area contributed by atoms with E-state index in [1.54, 1.807) is 6.42 Å². The van der Waals surface area contributed by atoms with E-state index in [0.717, 1.165) is 29.8 Å². The van der Waals surface area contributed by atoms with E-state index in [9.17, 15) is 0 Å². The van der Waals surface area contributed by atoms with Gasteiger partial charge in [0.15, 0.2) is 0 Å². The van der Waals surface area contributed by atoms with Crippen molar-refractivity contribution in [3.63, 3.8) is 0 Å². The Balaban J connectivity index is 1.41. The number of fused-ring (bicyclic) bond motifs is 2. The van der Waals surface area contributed by atoms with Crippen molar-refractivity contribution in [3.8, 4) is 0 Å². The van der Waals surface area contributed by atoms with Crippen LogP contribution in [0.25, 0.3) is 0 Å². The SMILES string of the molecule is CC(C)N1CCC(NCC2CC3CCC2C3)C1. The molecule has 4 atom stereocenters. The maximum absolute atomic E-state index is 3.85. The van der Waals surface area contributed by atoms with E-state index in [0.29, 0.717) is 0 Å². The molecule has 1 aliphatic heterocycles. The second-order valence-corrected chi connectivity index (χ2v) is 6.92. The second-order valence-electron chi connectivity index (χ2n) is 6.92. The molecule has 1 N–H and O–H groups in total. The van der Waals surface area contributed by atoms with E-state index in [1.165, 1.54) is 45.3 Å². The lowest BCUT2D eigenvalue weighted by Crippen LogP contribution is -2.38. The average Bonchev–Trinajstić information content (AvgIpc) is 3.02. The Morgan fingerprint density at radius 1 is 1.18 bits per heavy atom. The Morgan fingerprint density at radius 3 is 2.65 bits per heavy atom. The molecule has 17 heavy (non-hydrogen) atoms. The molecular formula is C15H28N2. The van der Waals surface area contributed by atoms with Gasteiger partial charge < -0.3 is 5.32 Å². The minimum absolute atomic E-state index is 0.726. The van der Waals surface area contributed by atoms with Crippen molar-refractivity contribution in [3.05, 3.63) is 0 Å². The summed E-state index contributed by atoms with van der Waals surface area (Å²) >= 11 is 0. The summed E-state index contributed by atoms with van der Waals surface area (Å²) in [6.45, 7) is 8.51. The predicted molar refractivity (Wildman–Crippen MR) is 72.1 cm³/mol. The molecule has 2 nitrogen and oxygen atoms in total. The van der Waals surface area contributed by atoms with Gasteiger partial charge in [0, 0.05) is 18.6 Å². The standard InChI is InChI=1S/C15H28N2/c1-11(2)17-6-5-15(10-17)16-9-14-8-12-3-4-13(14)7-12/h11-16H,3-10H2,1-2H3. The molecule has 3 fully saturated rings. The number of nitrogens with one attached hydrogen (secondary N) is 1. The van der Waals surface area contributed by atoms with E-state index in [2.05, 4.69) is 24.1 Å². The molecule has 2 heteroatoms. The zero-order valence-corrected chi connectivity index (χ0v) is 11.5. The fourth-order valence-electron chi connectivity index (χ4n) is 4.37. The minimum Gasteiger partial charge on any atom is -0.312 e. The Hall–Kier alpha value is -0.0800. The average molecular weight is 236 g/mol. The van der Waals surface area contributed by atoms with E-state index >= 15 is 0 Å². The fraction of sp³-hybridized carbons (Fsp3) is 1.00. The van der Waals surface area contributed by atoms with Crippen molar-refractivity contribution < 1.29 is 0 Å². The third-order valence-electron chi connectivity index (χ3n) is 5.50. The van der Waals surface area contributed by atoms with Gasteiger partial charge in [-0.2, -0.15) is 0 Å². The third-order valence-corrected chi connectivity index (χ3v) is 5.50. The van der Waals surface area contributed by atoms with Gasteiger partial charge in [0.2, 0.25) is 0 Å². The predicted octanol–water partition coefficient (Wildman–Crippen LogP) is 2.49. The summed E-state index contributed by atoms with van der Waals surface area (Å²) in [5.74, 6) is 3.19. The van der Waals surface area contributed by atoms with Gasteiger partial charge in [-0.1, -0.05) is 6.42 Å². The Morgan fingerprint density at radius 2 is 2.06 bits per heavy atom. The molecule has 0 spiro atoms. The molecule has 98 valence electrons. The van der Waals surface area contributed by atoms with Crippen LogP contribution in [0.15, 0.2) is 0 Å². The molecule has 3 rings (SSSR count). The zero-order chi connectivity index (χ0) is 11.8. The molecule has 2 bridgehead atoms. The van der Waals surface area contributed by atoms with Crippen LogP contribution in [0, 0.1) is 17.8 Å². The maximum atomic E-state index is 3.85. The molecule has 0 aromatic rings. The second kappa shape index (κ2) is 4.89. The first kappa shape index (κ1) is 12.0. The number of hydrogen-bond acceptors (Lipinski definition) is 2. The number of likely N-dealkylation sites (tertiary alicyclic amines) is 1. The molecule has 4 unspecified atom stereocenters. The van der Waals surface area contributed by atoms with Crippen LogP contribution in [-0.4, -0.2) is 36.6 Å². The molecule has 1 heterocycles. The van der Waals surface area contributed by atoms with Crippen molar-refractivity contribution in [2.24, 2.45) is 17.8 Å². The lowest BCUT2D eigenvalue weighted by atomic mass is 9.88. The van der Waals surface area contributed by atoms with Crippen molar-refractivity contribution in [1.82, 2.24) is 10.2 Å². The van der Waals surface area contributed by atoms with Crippen LogP contribution in [-0.2, 0) is 0 Å². The van der Waals surface area contributed by atoms with Crippen LogP contribution in [0.3, 0.4) is 0 Å². The van der Waals surface area contributed by atoms with E-state index in [4.69, 9.17) is 0 Å². The van der Waals surface area contributed by atoms with Gasteiger partial charge >= 0.3 is 0 Å². The van der Waals surface area contributed by atoms with Crippen molar-refractivity contribution in [2.75, 3.05) is 19.6 Å². The van der Waals surface area contributed by atoms with Gasteiger partial charge in [-0.15, -0.1) is 0 Å². The zero-order valence-electron chi connectivity index (χ0n) is 11.5. The highest BCUT2D eigenvalue weighted by atomic mass is 15.2. The summed E-state index contributed by atoms with van der Waals surface area (Å²) in [6.07, 6.45) is 7.50. The molecule has 2 aliphatic carbocycles. The summed E-state index contributed by atoms with van der Waals surface area (Å²) in [5.41, 5.74) is 0. The summed E-state index contributed by atoms with van der Waals surface area (Å²) in [4.78, 5) is 2.61. The van der Waals surface area contributed by atoms with Crippen LogP contribution in [0.2, 0.25) is 0 Å². The number of nitrogens with zero attached hydrogens (tertiary/aromatic N) is 1.